The van der Waals surface area contributed by atoms with Crippen molar-refractivity contribution in [1.29, 1.82) is 0 Å². The van der Waals surface area contributed by atoms with Gasteiger partial charge in [-0.2, -0.15) is 20.1 Å². The summed E-state index contributed by atoms with van der Waals surface area (Å²) in [6, 6.07) is 3.74. The van der Waals surface area contributed by atoms with Crippen molar-refractivity contribution in [2.45, 2.75) is 6.92 Å². The molecule has 4 heterocycles. The summed E-state index contributed by atoms with van der Waals surface area (Å²) < 4.78 is 16.3. The number of nitrogens with zero attached hydrogens (tertiary/aromatic N) is 6. The molecule has 0 aliphatic carbocycles. The van der Waals surface area contributed by atoms with Crippen molar-refractivity contribution < 1.29 is 13.9 Å². The minimum absolute atomic E-state index is 0.396. The standard InChI is InChI=1S/C17H23N7O3/c1-13-2-3-14(27-13)12-18-22-15-19-16(23-4-8-25-9-5-23)21-17(20-15)24-6-10-26-11-7-24/h2-3,12H,4-11H2,1H3,(H,19,20,21,22)/b18-12-. The third-order valence-electron chi connectivity index (χ3n) is 4.32. The van der Waals surface area contributed by atoms with E-state index in [0.29, 0.717) is 50.0 Å². The second kappa shape index (κ2) is 8.31. The van der Waals surface area contributed by atoms with Crippen LogP contribution in [0.25, 0.3) is 0 Å². The van der Waals surface area contributed by atoms with Crippen LogP contribution in [0.4, 0.5) is 17.8 Å². The molecule has 27 heavy (non-hydrogen) atoms. The number of aryl methyl sites for hydroxylation is 1. The first-order valence-electron chi connectivity index (χ1n) is 9.05. The molecule has 10 nitrogen and oxygen atoms in total. The average molecular weight is 373 g/mol. The van der Waals surface area contributed by atoms with Crippen LogP contribution in [0.3, 0.4) is 0 Å². The van der Waals surface area contributed by atoms with Gasteiger partial charge in [0.25, 0.3) is 0 Å². The molecule has 0 radical (unpaired) electrons. The highest BCUT2D eigenvalue weighted by Gasteiger charge is 2.20. The third-order valence-corrected chi connectivity index (χ3v) is 4.32. The molecule has 0 amide bonds. The van der Waals surface area contributed by atoms with E-state index in [1.54, 1.807) is 6.21 Å². The molecule has 2 fully saturated rings. The second-order valence-electron chi connectivity index (χ2n) is 6.28. The second-order valence-corrected chi connectivity index (χ2v) is 6.28. The van der Waals surface area contributed by atoms with Crippen LogP contribution in [0, 0.1) is 6.92 Å². The van der Waals surface area contributed by atoms with Gasteiger partial charge in [-0.15, -0.1) is 0 Å². The lowest BCUT2D eigenvalue weighted by molar-refractivity contribution is 0.121. The molecule has 2 aromatic heterocycles. The molecule has 2 aromatic rings. The highest BCUT2D eigenvalue weighted by Crippen LogP contribution is 2.18. The summed E-state index contributed by atoms with van der Waals surface area (Å²) in [5.41, 5.74) is 2.89. The molecule has 2 aliphatic rings. The van der Waals surface area contributed by atoms with Crippen LogP contribution in [0.2, 0.25) is 0 Å². The van der Waals surface area contributed by atoms with E-state index in [1.807, 2.05) is 19.1 Å². The quantitative estimate of drug-likeness (QED) is 0.605. The SMILES string of the molecule is Cc1ccc(/C=N\Nc2nc(N3CCOCC3)nc(N3CCOCC3)n2)o1. The lowest BCUT2D eigenvalue weighted by Crippen LogP contribution is -2.40. The van der Waals surface area contributed by atoms with E-state index < -0.39 is 0 Å². The maximum atomic E-state index is 5.47. The molecule has 2 aliphatic heterocycles. The number of rotatable bonds is 5. The van der Waals surface area contributed by atoms with Crippen LogP contribution in [0.5, 0.6) is 0 Å². The molecule has 0 spiro atoms. The van der Waals surface area contributed by atoms with Crippen molar-refractivity contribution in [2.24, 2.45) is 5.10 Å². The van der Waals surface area contributed by atoms with Gasteiger partial charge in [-0.25, -0.2) is 5.43 Å². The van der Waals surface area contributed by atoms with Gasteiger partial charge in [-0.05, 0) is 19.1 Å². The average Bonchev–Trinajstić information content (AvgIpc) is 3.14. The zero-order valence-electron chi connectivity index (χ0n) is 15.3. The predicted octanol–water partition coefficient (Wildman–Crippen LogP) is 0.892. The zero-order valence-corrected chi connectivity index (χ0v) is 15.3. The Bertz CT molecular complexity index is 746. The van der Waals surface area contributed by atoms with Gasteiger partial charge in [-0.1, -0.05) is 0 Å². The van der Waals surface area contributed by atoms with Gasteiger partial charge in [-0.3, -0.25) is 0 Å². The molecule has 0 bridgehead atoms. The minimum Gasteiger partial charge on any atom is -0.460 e. The number of nitrogens with one attached hydrogen (secondary N) is 1. The molecule has 0 atom stereocenters. The summed E-state index contributed by atoms with van der Waals surface area (Å²) >= 11 is 0. The minimum atomic E-state index is 0.396. The molecule has 0 aromatic carbocycles. The maximum Gasteiger partial charge on any atom is 0.250 e. The third kappa shape index (κ3) is 4.52. The van der Waals surface area contributed by atoms with Gasteiger partial charge in [0.2, 0.25) is 17.8 Å². The van der Waals surface area contributed by atoms with Crippen molar-refractivity contribution in [1.82, 2.24) is 15.0 Å². The molecule has 2 saturated heterocycles. The molecule has 1 N–H and O–H groups in total. The highest BCUT2D eigenvalue weighted by molar-refractivity contribution is 5.76. The van der Waals surface area contributed by atoms with Crippen LogP contribution < -0.4 is 15.2 Å². The number of morpholine rings is 2. The van der Waals surface area contributed by atoms with E-state index in [0.717, 1.165) is 31.9 Å². The molecular weight excluding hydrogens is 350 g/mol. The summed E-state index contributed by atoms with van der Waals surface area (Å²) in [5, 5.41) is 4.19. The van der Waals surface area contributed by atoms with Crippen molar-refractivity contribution in [2.75, 3.05) is 67.8 Å². The van der Waals surface area contributed by atoms with Crippen LogP contribution in [-0.4, -0.2) is 73.8 Å². The molecule has 0 unspecified atom stereocenters. The summed E-state index contributed by atoms with van der Waals surface area (Å²) in [4.78, 5) is 17.9. The number of hydrogen-bond acceptors (Lipinski definition) is 10. The van der Waals surface area contributed by atoms with Gasteiger partial charge in [0.1, 0.15) is 11.5 Å². The van der Waals surface area contributed by atoms with E-state index in [-0.39, 0.29) is 0 Å². The first-order chi connectivity index (χ1) is 13.3. The number of ether oxygens (including phenoxy) is 2. The Morgan fingerprint density at radius 2 is 1.52 bits per heavy atom. The van der Waals surface area contributed by atoms with Gasteiger partial charge < -0.3 is 23.7 Å². The first-order valence-corrected chi connectivity index (χ1v) is 9.05. The van der Waals surface area contributed by atoms with Crippen LogP contribution in [0.1, 0.15) is 11.5 Å². The van der Waals surface area contributed by atoms with Crippen LogP contribution >= 0.6 is 0 Å². The Kier molecular flexibility index (Phi) is 5.45. The summed E-state index contributed by atoms with van der Waals surface area (Å²) in [7, 11) is 0. The summed E-state index contributed by atoms with van der Waals surface area (Å²) in [5.74, 6) is 3.15. The monoisotopic (exact) mass is 373 g/mol. The van der Waals surface area contributed by atoms with Crippen molar-refractivity contribution in [3.63, 3.8) is 0 Å². The highest BCUT2D eigenvalue weighted by atomic mass is 16.5. The van der Waals surface area contributed by atoms with Gasteiger partial charge in [0.15, 0.2) is 0 Å². The van der Waals surface area contributed by atoms with Crippen molar-refractivity contribution in [3.05, 3.63) is 23.7 Å². The van der Waals surface area contributed by atoms with Gasteiger partial charge in [0.05, 0.1) is 32.6 Å². The fourth-order valence-electron chi connectivity index (χ4n) is 2.89. The fourth-order valence-corrected chi connectivity index (χ4v) is 2.89. The Balaban J connectivity index is 1.55. The van der Waals surface area contributed by atoms with Crippen LogP contribution in [-0.2, 0) is 9.47 Å². The molecule has 4 rings (SSSR count). The largest absolute Gasteiger partial charge is 0.460 e. The number of aromatic nitrogens is 3. The smallest absolute Gasteiger partial charge is 0.250 e. The lowest BCUT2D eigenvalue weighted by Gasteiger charge is -2.30. The summed E-state index contributed by atoms with van der Waals surface area (Å²) in [6.45, 7) is 7.55. The Morgan fingerprint density at radius 3 is 2.04 bits per heavy atom. The lowest BCUT2D eigenvalue weighted by atomic mass is 10.4. The zero-order chi connectivity index (χ0) is 18.5. The normalized spacial score (nSPS) is 18.3. The van der Waals surface area contributed by atoms with Gasteiger partial charge >= 0.3 is 0 Å². The Labute approximate surface area is 157 Å². The van der Waals surface area contributed by atoms with E-state index in [1.165, 1.54) is 0 Å². The number of anilines is 3. The topological polar surface area (TPSA) is 101 Å². The maximum absolute atomic E-state index is 5.47. The van der Waals surface area contributed by atoms with Crippen molar-refractivity contribution >= 4 is 24.1 Å². The number of hydrogen-bond donors (Lipinski definition) is 1. The Hall–Kier alpha value is -2.72. The Morgan fingerprint density at radius 1 is 0.926 bits per heavy atom. The predicted molar refractivity (Wildman–Crippen MR) is 101 cm³/mol. The van der Waals surface area contributed by atoms with E-state index in [9.17, 15) is 0 Å². The van der Waals surface area contributed by atoms with Gasteiger partial charge in [0, 0.05) is 26.2 Å². The van der Waals surface area contributed by atoms with E-state index >= 15 is 0 Å². The first kappa shape index (κ1) is 17.7. The van der Waals surface area contributed by atoms with Crippen LogP contribution in [0.15, 0.2) is 21.7 Å². The molecule has 144 valence electrons. The van der Waals surface area contributed by atoms with E-state index in [4.69, 9.17) is 13.9 Å². The van der Waals surface area contributed by atoms with Crippen molar-refractivity contribution in [3.8, 4) is 0 Å². The van der Waals surface area contributed by atoms with E-state index in [2.05, 4.69) is 35.3 Å². The number of furan rings is 1. The summed E-state index contributed by atoms with van der Waals surface area (Å²) in [6.07, 6.45) is 1.60. The molecule has 10 heteroatoms. The molecular formula is C17H23N7O3. The number of hydrazone groups is 1. The molecule has 0 saturated carbocycles. The fraction of sp³-hybridized carbons (Fsp3) is 0.529.